The molecule has 3 nitrogen and oxygen atoms in total. The number of rotatable bonds is 12. The molecule has 0 N–H and O–H groups in total. The molecular formula is C22H30FNO2. The van der Waals surface area contributed by atoms with E-state index in [0.29, 0.717) is 5.75 Å². The molecule has 0 aliphatic rings. The Hall–Kier alpha value is -2.10. The van der Waals surface area contributed by atoms with Crippen molar-refractivity contribution in [1.29, 1.82) is 0 Å². The summed E-state index contributed by atoms with van der Waals surface area (Å²) in [5.41, 5.74) is 1.87. The van der Waals surface area contributed by atoms with E-state index in [1.54, 1.807) is 6.20 Å². The molecule has 26 heavy (non-hydrogen) atoms. The Morgan fingerprint density at radius 1 is 0.885 bits per heavy atom. The zero-order chi connectivity index (χ0) is 18.6. The van der Waals surface area contributed by atoms with Crippen LogP contribution in [-0.2, 0) is 0 Å². The third kappa shape index (κ3) is 7.42. The zero-order valence-corrected chi connectivity index (χ0v) is 15.9. The summed E-state index contributed by atoms with van der Waals surface area (Å²) >= 11 is 0. The molecule has 142 valence electrons. The van der Waals surface area contributed by atoms with Crippen LogP contribution in [0.1, 0.15) is 52.4 Å². The molecule has 0 aliphatic carbocycles. The lowest BCUT2D eigenvalue weighted by molar-refractivity contribution is 0.209. The number of pyridine rings is 1. The molecule has 1 atom stereocenters. The van der Waals surface area contributed by atoms with Crippen molar-refractivity contribution in [2.75, 3.05) is 13.2 Å². The van der Waals surface area contributed by atoms with Gasteiger partial charge >= 0.3 is 0 Å². The second kappa shape index (κ2) is 11.5. The van der Waals surface area contributed by atoms with Crippen LogP contribution < -0.4 is 9.47 Å². The molecule has 0 saturated heterocycles. The molecule has 0 fully saturated rings. The van der Waals surface area contributed by atoms with Crippen LogP contribution >= 0.6 is 0 Å². The summed E-state index contributed by atoms with van der Waals surface area (Å²) in [6.45, 7) is 4.52. The number of benzene rings is 1. The molecule has 1 unspecified atom stereocenters. The SMILES string of the molecule is CCCCCCCCOc1ccc(-c2ccc(OCC(C)F)cn2)cc1. The average molecular weight is 359 g/mol. The Bertz CT molecular complexity index is 611. The number of alkyl halides is 1. The minimum atomic E-state index is -0.987. The fourth-order valence-corrected chi connectivity index (χ4v) is 2.64. The molecular weight excluding hydrogens is 329 g/mol. The minimum Gasteiger partial charge on any atom is -0.494 e. The minimum absolute atomic E-state index is 0.0473. The molecule has 0 saturated carbocycles. The van der Waals surface area contributed by atoms with Gasteiger partial charge in [-0.3, -0.25) is 4.98 Å². The number of halogens is 1. The van der Waals surface area contributed by atoms with Crippen molar-refractivity contribution in [2.24, 2.45) is 0 Å². The smallest absolute Gasteiger partial charge is 0.137 e. The third-order valence-corrected chi connectivity index (χ3v) is 4.13. The van der Waals surface area contributed by atoms with Crippen LogP contribution in [0.4, 0.5) is 4.39 Å². The predicted molar refractivity (Wildman–Crippen MR) is 105 cm³/mol. The highest BCUT2D eigenvalue weighted by Gasteiger charge is 2.03. The number of nitrogens with zero attached hydrogens (tertiary/aromatic N) is 1. The summed E-state index contributed by atoms with van der Waals surface area (Å²) in [5.74, 6) is 1.47. The second-order valence-electron chi connectivity index (χ2n) is 6.61. The molecule has 1 heterocycles. The van der Waals surface area contributed by atoms with Gasteiger partial charge in [-0.25, -0.2) is 4.39 Å². The first-order chi connectivity index (χ1) is 12.7. The van der Waals surface area contributed by atoms with Crippen LogP contribution in [0.25, 0.3) is 11.3 Å². The van der Waals surface area contributed by atoms with Gasteiger partial charge in [0.25, 0.3) is 0 Å². The average Bonchev–Trinajstić information content (AvgIpc) is 2.66. The van der Waals surface area contributed by atoms with Crippen molar-refractivity contribution in [3.63, 3.8) is 0 Å². The standard InChI is InChI=1S/C22H30FNO2/c1-3-4-5-6-7-8-15-25-20-11-9-19(10-12-20)22-14-13-21(16-24-22)26-17-18(2)23/h9-14,16,18H,3-8,15,17H2,1-2H3. The largest absolute Gasteiger partial charge is 0.494 e. The van der Waals surface area contributed by atoms with E-state index in [9.17, 15) is 4.39 Å². The predicted octanol–water partition coefficient (Wildman–Crippen LogP) is 6.22. The van der Waals surface area contributed by atoms with Crippen LogP contribution in [0.5, 0.6) is 11.5 Å². The van der Waals surface area contributed by atoms with Crippen molar-refractivity contribution < 1.29 is 13.9 Å². The summed E-state index contributed by atoms with van der Waals surface area (Å²) in [6.07, 6.45) is 8.21. The second-order valence-corrected chi connectivity index (χ2v) is 6.61. The third-order valence-electron chi connectivity index (χ3n) is 4.13. The van der Waals surface area contributed by atoms with E-state index in [4.69, 9.17) is 9.47 Å². The van der Waals surface area contributed by atoms with Crippen LogP contribution in [0, 0.1) is 0 Å². The molecule has 0 bridgehead atoms. The van der Waals surface area contributed by atoms with Gasteiger partial charge in [0.05, 0.1) is 18.5 Å². The van der Waals surface area contributed by atoms with Crippen LogP contribution in [-0.4, -0.2) is 24.4 Å². The lowest BCUT2D eigenvalue weighted by Gasteiger charge is -2.09. The van der Waals surface area contributed by atoms with Gasteiger partial charge in [-0.2, -0.15) is 0 Å². The Morgan fingerprint density at radius 2 is 1.58 bits per heavy atom. The summed E-state index contributed by atoms with van der Waals surface area (Å²) in [7, 11) is 0. The first-order valence-corrected chi connectivity index (χ1v) is 9.65. The van der Waals surface area contributed by atoms with Gasteiger partial charge in [-0.05, 0) is 49.7 Å². The number of hydrogen-bond donors (Lipinski definition) is 0. The topological polar surface area (TPSA) is 31.4 Å². The van der Waals surface area contributed by atoms with Crippen LogP contribution in [0.15, 0.2) is 42.6 Å². The molecule has 0 radical (unpaired) electrons. The van der Waals surface area contributed by atoms with Gasteiger partial charge in [0.2, 0.25) is 0 Å². The lowest BCUT2D eigenvalue weighted by atomic mass is 10.1. The normalized spacial score (nSPS) is 12.0. The van der Waals surface area contributed by atoms with Gasteiger partial charge in [0.15, 0.2) is 0 Å². The van der Waals surface area contributed by atoms with Gasteiger partial charge < -0.3 is 9.47 Å². The number of unbranched alkanes of at least 4 members (excludes halogenated alkanes) is 5. The number of ether oxygens (including phenoxy) is 2. The highest BCUT2D eigenvalue weighted by molar-refractivity contribution is 5.60. The van der Waals surface area contributed by atoms with Crippen LogP contribution in [0.3, 0.4) is 0 Å². The Labute approximate surface area is 156 Å². The summed E-state index contributed by atoms with van der Waals surface area (Å²) in [4.78, 5) is 4.38. The lowest BCUT2D eigenvalue weighted by Crippen LogP contribution is -2.08. The molecule has 1 aromatic carbocycles. The maximum Gasteiger partial charge on any atom is 0.137 e. The molecule has 0 amide bonds. The van der Waals surface area contributed by atoms with E-state index < -0.39 is 6.17 Å². The Balaban J connectivity index is 1.76. The summed E-state index contributed by atoms with van der Waals surface area (Å²) < 4.78 is 23.9. The molecule has 2 rings (SSSR count). The van der Waals surface area contributed by atoms with Crippen molar-refractivity contribution in [2.45, 2.75) is 58.5 Å². The Morgan fingerprint density at radius 3 is 2.23 bits per heavy atom. The van der Waals surface area contributed by atoms with Crippen molar-refractivity contribution in [3.8, 4) is 22.8 Å². The molecule has 2 aromatic rings. The molecule has 1 aromatic heterocycles. The fourth-order valence-electron chi connectivity index (χ4n) is 2.64. The van der Waals surface area contributed by atoms with Gasteiger partial charge in [-0.15, -0.1) is 0 Å². The van der Waals surface area contributed by atoms with Crippen molar-refractivity contribution in [1.82, 2.24) is 4.98 Å². The van der Waals surface area contributed by atoms with Crippen LogP contribution in [0.2, 0.25) is 0 Å². The molecule has 0 spiro atoms. The van der Waals surface area contributed by atoms with E-state index in [1.165, 1.54) is 39.0 Å². The van der Waals surface area contributed by atoms with Gasteiger partial charge in [-0.1, -0.05) is 39.0 Å². The van der Waals surface area contributed by atoms with Crippen molar-refractivity contribution >= 4 is 0 Å². The fraction of sp³-hybridized carbons (Fsp3) is 0.500. The highest BCUT2D eigenvalue weighted by Crippen LogP contribution is 2.22. The van der Waals surface area contributed by atoms with E-state index in [-0.39, 0.29) is 6.61 Å². The maximum absolute atomic E-state index is 12.8. The highest BCUT2D eigenvalue weighted by atomic mass is 19.1. The van der Waals surface area contributed by atoms with E-state index >= 15 is 0 Å². The van der Waals surface area contributed by atoms with Gasteiger partial charge in [0, 0.05) is 5.56 Å². The quantitative estimate of drug-likeness (QED) is 0.421. The number of hydrogen-bond acceptors (Lipinski definition) is 3. The summed E-state index contributed by atoms with van der Waals surface area (Å²) in [5, 5.41) is 0. The molecule has 4 heteroatoms. The van der Waals surface area contributed by atoms with E-state index in [0.717, 1.165) is 30.0 Å². The zero-order valence-electron chi connectivity index (χ0n) is 15.9. The summed E-state index contributed by atoms with van der Waals surface area (Å²) in [6, 6.07) is 11.6. The molecule has 0 aliphatic heterocycles. The number of aromatic nitrogens is 1. The monoisotopic (exact) mass is 359 g/mol. The van der Waals surface area contributed by atoms with E-state index in [1.807, 2.05) is 36.4 Å². The van der Waals surface area contributed by atoms with Crippen molar-refractivity contribution in [3.05, 3.63) is 42.6 Å². The van der Waals surface area contributed by atoms with Gasteiger partial charge in [0.1, 0.15) is 24.3 Å². The first kappa shape index (κ1) is 20.2. The maximum atomic E-state index is 12.8. The Kier molecular flexibility index (Phi) is 8.94. The first-order valence-electron chi connectivity index (χ1n) is 9.65. The van der Waals surface area contributed by atoms with E-state index in [2.05, 4.69) is 11.9 Å².